The molecule has 1 unspecified atom stereocenters. The molecule has 4 rings (SSSR count). The number of aromatic nitrogens is 1. The van der Waals surface area contributed by atoms with Gasteiger partial charge in [0.15, 0.2) is 0 Å². The molecule has 0 amide bonds. The summed E-state index contributed by atoms with van der Waals surface area (Å²) in [7, 11) is 0. The van der Waals surface area contributed by atoms with E-state index < -0.39 is 0 Å². The molecule has 1 heterocycles. The van der Waals surface area contributed by atoms with Crippen LogP contribution >= 0.6 is 0 Å². The van der Waals surface area contributed by atoms with Gasteiger partial charge >= 0.3 is 139 Å². The average Bonchev–Trinajstić information content (AvgIpc) is 2.87. The quantitative estimate of drug-likeness (QED) is 0.548. The molecule has 1 aromatic heterocycles. The number of hydrogen-bond acceptors (Lipinski definition) is 1. The second kappa shape index (κ2) is 7.72. The van der Waals surface area contributed by atoms with Crippen molar-refractivity contribution < 1.29 is 41.1 Å². The Morgan fingerprint density at radius 2 is 1.62 bits per heavy atom. The fraction of sp³-hybridized carbons (Fsp3) is 0.150. The molecule has 0 N–H and O–H groups in total. The topological polar surface area (TPSA) is 12.9 Å². The Balaban J connectivity index is 0.00000104. The van der Waals surface area contributed by atoms with Gasteiger partial charge in [0.05, 0.1) is 0 Å². The van der Waals surface area contributed by atoms with Crippen LogP contribution in [0.15, 0.2) is 66.4 Å². The number of rotatable bonds is 2. The van der Waals surface area contributed by atoms with Gasteiger partial charge in [-0.1, -0.05) is 0 Å². The number of pyridine rings is 1. The molecule has 1 aliphatic rings. The van der Waals surface area contributed by atoms with Crippen LogP contribution in [0.5, 0.6) is 0 Å². The van der Waals surface area contributed by atoms with Gasteiger partial charge in [-0.25, -0.2) is 0 Å². The van der Waals surface area contributed by atoms with E-state index in [0.29, 0.717) is 5.92 Å². The van der Waals surface area contributed by atoms with E-state index in [1.165, 1.54) is 32.1 Å². The van der Waals surface area contributed by atoms with Crippen molar-refractivity contribution in [2.45, 2.75) is 19.3 Å². The zero-order valence-corrected chi connectivity index (χ0v) is 16.0. The summed E-state index contributed by atoms with van der Waals surface area (Å²) in [6, 6.07) is 19.4. The summed E-state index contributed by atoms with van der Waals surface area (Å²) in [6.07, 6.45) is 2.94. The molecule has 0 radical (unpaired) electrons. The van der Waals surface area contributed by atoms with E-state index in [0.717, 1.165) is 11.9 Å². The van der Waals surface area contributed by atoms with Crippen LogP contribution in [0.4, 0.5) is 0 Å². The Labute approximate surface area is 163 Å². The first-order valence-electron chi connectivity index (χ1n) is 7.64. The van der Waals surface area contributed by atoms with Crippen LogP contribution in [-0.2, 0) is 16.3 Å². The normalized spacial score (nSPS) is 15.6. The molecule has 0 aliphatic heterocycles. The third kappa shape index (κ3) is 2.89. The summed E-state index contributed by atoms with van der Waals surface area (Å²) in [5.74, 6) is 0.316. The minimum atomic E-state index is 0. The Hall–Kier alpha value is -1.30. The standard InChI is InChI=1S/C20H16N.2ClH.Cr/c1-2-14-13-16-7-3-4-10-17(16)19(14)18-11-5-8-15-9-6-12-21-20(15)18;;;/h3-12,19H,2H2,1H3;2*1H;/q;;;+2/p-2. The van der Waals surface area contributed by atoms with E-state index in [-0.39, 0.29) is 24.8 Å². The van der Waals surface area contributed by atoms with Crippen molar-refractivity contribution >= 4 is 15.3 Å². The fourth-order valence-corrected chi connectivity index (χ4v) is 4.23. The molecule has 0 fully saturated rings. The van der Waals surface area contributed by atoms with E-state index in [4.69, 9.17) is 0 Å². The Bertz CT molecular complexity index is 900. The van der Waals surface area contributed by atoms with Gasteiger partial charge < -0.3 is 24.8 Å². The molecule has 0 bridgehead atoms. The van der Waals surface area contributed by atoms with Gasteiger partial charge in [-0.3, -0.25) is 0 Å². The fourth-order valence-electron chi connectivity index (χ4n) is 3.53. The average molecular weight is 393 g/mol. The third-order valence-electron chi connectivity index (χ3n) is 4.51. The monoisotopic (exact) mass is 392 g/mol. The van der Waals surface area contributed by atoms with E-state index >= 15 is 0 Å². The zero-order valence-electron chi connectivity index (χ0n) is 13.2. The van der Waals surface area contributed by atoms with Gasteiger partial charge in [-0.05, 0) is 0 Å². The van der Waals surface area contributed by atoms with E-state index in [2.05, 4.69) is 76.7 Å². The van der Waals surface area contributed by atoms with E-state index in [9.17, 15) is 0 Å². The summed E-state index contributed by atoms with van der Waals surface area (Å²) in [5.41, 5.74) is 6.64. The molecule has 0 spiro atoms. The molecule has 4 heteroatoms. The molecule has 0 saturated carbocycles. The molecule has 3 aromatic rings. The number of para-hydroxylation sites is 1. The van der Waals surface area contributed by atoms with Crippen molar-refractivity contribution in [1.82, 2.24) is 4.98 Å². The number of benzene rings is 2. The van der Waals surface area contributed by atoms with Crippen LogP contribution in [0.3, 0.4) is 0 Å². The Kier molecular flexibility index (Phi) is 6.13. The van der Waals surface area contributed by atoms with Crippen LogP contribution in [0.1, 0.15) is 36.0 Å². The number of fused-ring (bicyclic) bond motifs is 2. The third-order valence-corrected chi connectivity index (χ3v) is 5.27. The summed E-state index contributed by atoms with van der Waals surface area (Å²) in [4.78, 5) is 4.66. The first-order chi connectivity index (χ1) is 10.8. The zero-order chi connectivity index (χ0) is 15.1. The van der Waals surface area contributed by atoms with Crippen LogP contribution < -0.4 is 24.8 Å². The van der Waals surface area contributed by atoms with Crippen LogP contribution in [0, 0.1) is 0 Å². The van der Waals surface area contributed by atoms with Crippen LogP contribution in [-0.4, -0.2) is 4.98 Å². The van der Waals surface area contributed by atoms with E-state index in [1.54, 1.807) is 0 Å². The molecular weight excluding hydrogens is 377 g/mol. The second-order valence-electron chi connectivity index (χ2n) is 5.65. The molecule has 1 nitrogen and oxygen atoms in total. The minimum Gasteiger partial charge on any atom is -1.00 e. The molecule has 24 heavy (non-hydrogen) atoms. The summed E-state index contributed by atoms with van der Waals surface area (Å²) < 4.78 is 1.32. The van der Waals surface area contributed by atoms with Gasteiger partial charge in [-0.15, -0.1) is 0 Å². The first-order valence-corrected chi connectivity index (χ1v) is 8.28. The van der Waals surface area contributed by atoms with Gasteiger partial charge in [0.25, 0.3) is 0 Å². The van der Waals surface area contributed by atoms with Crippen molar-refractivity contribution in [3.05, 3.63) is 83.1 Å². The predicted molar refractivity (Wildman–Crippen MR) is 87.2 cm³/mol. The first kappa shape index (κ1) is 19.0. The summed E-state index contributed by atoms with van der Waals surface area (Å²) in [5, 5.41) is 1.21. The van der Waals surface area contributed by atoms with Gasteiger partial charge in [0, 0.05) is 0 Å². The van der Waals surface area contributed by atoms with Gasteiger partial charge in [0.1, 0.15) is 0 Å². The van der Waals surface area contributed by atoms with Gasteiger partial charge in [-0.2, -0.15) is 0 Å². The maximum absolute atomic E-state index is 4.66. The molecule has 121 valence electrons. The SMILES string of the molecule is CCC1=[C]([Cr+2])c2ccccc2C1c1cccc2cccnc12.[Cl-].[Cl-]. The molecular formula is C20H16Cl2CrN. The summed E-state index contributed by atoms with van der Waals surface area (Å²) >= 11 is 3.30. The maximum atomic E-state index is 4.66. The predicted octanol–water partition coefficient (Wildman–Crippen LogP) is -0.944. The molecule has 2 aromatic carbocycles. The molecule has 1 atom stereocenters. The number of halogens is 2. The number of allylic oxidation sites excluding steroid dienone is 1. The molecule has 1 aliphatic carbocycles. The molecule has 0 saturated heterocycles. The number of hydrogen-bond donors (Lipinski definition) is 0. The second-order valence-corrected chi connectivity index (χ2v) is 6.29. The summed E-state index contributed by atoms with van der Waals surface area (Å²) in [6.45, 7) is 2.24. The maximum Gasteiger partial charge on any atom is -1.00 e. The minimum absolute atomic E-state index is 0. The Morgan fingerprint density at radius 1 is 0.917 bits per heavy atom. The van der Waals surface area contributed by atoms with Crippen molar-refractivity contribution in [3.8, 4) is 0 Å². The van der Waals surface area contributed by atoms with Crippen molar-refractivity contribution in [2.24, 2.45) is 0 Å². The van der Waals surface area contributed by atoms with Crippen molar-refractivity contribution in [1.29, 1.82) is 0 Å². The van der Waals surface area contributed by atoms with Crippen LogP contribution in [0.25, 0.3) is 15.3 Å². The van der Waals surface area contributed by atoms with Crippen molar-refractivity contribution in [2.75, 3.05) is 0 Å². The Morgan fingerprint density at radius 3 is 2.42 bits per heavy atom. The van der Waals surface area contributed by atoms with Gasteiger partial charge in [0.2, 0.25) is 0 Å². The van der Waals surface area contributed by atoms with Crippen LogP contribution in [0.2, 0.25) is 0 Å². The number of nitrogens with zero attached hydrogens (tertiary/aromatic N) is 1. The smallest absolute Gasteiger partial charge is 1.00 e. The van der Waals surface area contributed by atoms with Crippen molar-refractivity contribution in [3.63, 3.8) is 0 Å². The largest absolute Gasteiger partial charge is 1.00 e. The van der Waals surface area contributed by atoms with E-state index in [1.807, 2.05) is 12.3 Å².